The number of fused-ring (bicyclic) bond motifs is 3. The molecule has 3 aromatic carbocycles. The number of likely N-dealkylation sites (tertiary alicyclic amines) is 1. The minimum atomic E-state index is -4.30. The number of benzene rings is 3. The topological polar surface area (TPSA) is 131 Å². The monoisotopic (exact) mass is 685 g/mol. The number of rotatable bonds is 9. The Morgan fingerprint density at radius 3 is 2.59 bits per heavy atom. The lowest BCUT2D eigenvalue weighted by Crippen LogP contribution is -2.66. The number of esters is 1. The molecule has 0 aromatic heterocycles. The van der Waals surface area contributed by atoms with Crippen LogP contribution in [0.4, 0.5) is 4.39 Å². The zero-order valence-electron chi connectivity index (χ0n) is 27.2. The molecule has 3 N–H and O–H groups in total. The summed E-state index contributed by atoms with van der Waals surface area (Å²) in [7, 11) is -3.07. The Morgan fingerprint density at radius 2 is 1.88 bits per heavy atom. The van der Waals surface area contributed by atoms with Crippen LogP contribution in [0.25, 0.3) is 16.8 Å². The molecule has 1 aliphatic carbocycles. The van der Waals surface area contributed by atoms with Crippen molar-refractivity contribution in [3.63, 3.8) is 0 Å². The maximum atomic E-state index is 16.9. The van der Waals surface area contributed by atoms with E-state index in [1.165, 1.54) is 14.0 Å². The summed E-state index contributed by atoms with van der Waals surface area (Å²) in [5, 5.41) is 10.6. The van der Waals surface area contributed by atoms with Gasteiger partial charge in [0.05, 0.1) is 19.4 Å². The summed E-state index contributed by atoms with van der Waals surface area (Å²) >= 11 is 0. The van der Waals surface area contributed by atoms with E-state index in [1.807, 2.05) is 12.1 Å². The third-order valence-electron chi connectivity index (χ3n) is 10.5. The molecule has 11 nitrogen and oxygen atoms in total. The maximum Gasteiger partial charge on any atom is 0.513 e. The van der Waals surface area contributed by atoms with E-state index in [0.717, 1.165) is 24.0 Å². The first-order valence-corrected chi connectivity index (χ1v) is 18.1. The number of nitrogens with zero attached hydrogens (tertiary/aromatic N) is 2. The molecule has 5 aliphatic heterocycles. The van der Waals surface area contributed by atoms with Crippen molar-refractivity contribution in [3.05, 3.63) is 89.4 Å². The van der Waals surface area contributed by atoms with Crippen LogP contribution in [-0.2, 0) is 25.3 Å². The highest BCUT2D eigenvalue weighted by Crippen LogP contribution is 2.50. The predicted octanol–water partition coefficient (Wildman–Crippen LogP) is 4.66. The van der Waals surface area contributed by atoms with Crippen molar-refractivity contribution in [2.24, 2.45) is 10.9 Å². The number of methoxy groups -OCH3 is 1. The number of carbonyl (C=O) groups excluding carboxylic acids is 2. The van der Waals surface area contributed by atoms with Crippen LogP contribution in [0.15, 0.2) is 77.7 Å². The molecule has 3 aromatic rings. The van der Waals surface area contributed by atoms with Crippen LogP contribution in [0.5, 0.6) is 11.5 Å². The molecule has 4 unspecified atom stereocenters. The molecule has 0 saturated carbocycles. The average Bonchev–Trinajstić information content (AvgIpc) is 3.58. The molecule has 3 fully saturated rings. The van der Waals surface area contributed by atoms with Crippen LogP contribution in [-0.4, -0.2) is 72.9 Å². The van der Waals surface area contributed by atoms with Gasteiger partial charge in [0.25, 0.3) is 0 Å². The molecule has 0 spiro atoms. The Hall–Kier alpha value is -4.35. The van der Waals surface area contributed by atoms with E-state index in [0.29, 0.717) is 35.8 Å². The Kier molecular flexibility index (Phi) is 7.75. The molecule has 3 saturated heterocycles. The van der Waals surface area contributed by atoms with E-state index in [4.69, 9.17) is 18.8 Å². The minimum Gasteiger partial charge on any atom is -0.468 e. The standard InChI is InChI=1S/C36H37FN5O6P/c1-4-27-22-11-10-21-14-26(48-49(45,41-20(2)34(43)46-3)47-25-8-6-5-7-9-25)15-28(30(21)27)32-31(37)33-29(17-38-32)36(16-22,35(44)40-33)42-18-23-12-13-24(19-42)39-23/h4-11,14-15,20,23-24,29,39H,1,12-13,16-19H2,2-3H3,(H,40,44)(H,41,45)/t20-,23?,24?,29?,36+,49?/m0/s1. The average molecular weight is 686 g/mol. The van der Waals surface area contributed by atoms with Crippen molar-refractivity contribution >= 4 is 42.2 Å². The highest BCUT2D eigenvalue weighted by molar-refractivity contribution is 7.52. The number of piperazine rings is 1. The maximum absolute atomic E-state index is 16.9. The number of carbonyl (C=O) groups is 2. The summed E-state index contributed by atoms with van der Waals surface area (Å²) in [5.41, 5.74) is 1.38. The molecule has 13 heteroatoms. The number of halogens is 1. The molecule has 8 bridgehead atoms. The Morgan fingerprint density at radius 1 is 1.14 bits per heavy atom. The Balaban J connectivity index is 1.27. The van der Waals surface area contributed by atoms with Gasteiger partial charge in [0.15, 0.2) is 5.83 Å². The van der Waals surface area contributed by atoms with E-state index in [-0.39, 0.29) is 47.4 Å². The van der Waals surface area contributed by atoms with Gasteiger partial charge in [-0.1, -0.05) is 43.0 Å². The van der Waals surface area contributed by atoms with Crippen LogP contribution in [0.2, 0.25) is 0 Å². The summed E-state index contributed by atoms with van der Waals surface area (Å²) in [6, 6.07) is 15.1. The van der Waals surface area contributed by atoms with Gasteiger partial charge < -0.3 is 24.4 Å². The van der Waals surface area contributed by atoms with Gasteiger partial charge in [0, 0.05) is 43.1 Å². The van der Waals surface area contributed by atoms with Crippen molar-refractivity contribution < 1.29 is 32.3 Å². The number of amides is 1. The summed E-state index contributed by atoms with van der Waals surface area (Å²) in [6.45, 7) is 7.23. The number of hydrogen-bond donors (Lipinski definition) is 3. The first kappa shape index (κ1) is 31.9. The number of nitrogens with one attached hydrogen (secondary N) is 3. The third kappa shape index (κ3) is 5.20. The molecule has 6 atom stereocenters. The number of allylic oxidation sites excluding steroid dienone is 1. The molecule has 254 valence electrons. The van der Waals surface area contributed by atoms with Gasteiger partial charge in [-0.05, 0) is 65.9 Å². The fourth-order valence-corrected chi connectivity index (χ4v) is 9.78. The van der Waals surface area contributed by atoms with E-state index in [9.17, 15) is 14.2 Å². The molecule has 9 rings (SSSR count). The van der Waals surface area contributed by atoms with E-state index < -0.39 is 37.0 Å². The van der Waals surface area contributed by atoms with Gasteiger partial charge in [-0.15, -0.1) is 0 Å². The second-order valence-electron chi connectivity index (χ2n) is 13.3. The van der Waals surface area contributed by atoms with E-state index >= 15 is 4.39 Å². The van der Waals surface area contributed by atoms with Crippen LogP contribution in [0.3, 0.4) is 0 Å². The molecule has 1 amide bonds. The van der Waals surface area contributed by atoms with Crippen molar-refractivity contribution in [2.75, 3.05) is 26.7 Å². The highest BCUT2D eigenvalue weighted by Gasteiger charge is 2.60. The van der Waals surface area contributed by atoms with Gasteiger partial charge in [0.2, 0.25) is 5.91 Å². The number of dihydropyridines is 1. The number of hydrogen-bond acceptors (Lipinski definition) is 9. The lowest BCUT2D eigenvalue weighted by molar-refractivity contribution is -0.142. The third-order valence-corrected chi connectivity index (χ3v) is 12.1. The highest BCUT2D eigenvalue weighted by atomic mass is 31.2. The summed E-state index contributed by atoms with van der Waals surface area (Å²) in [4.78, 5) is 33.7. The van der Waals surface area contributed by atoms with E-state index in [2.05, 4.69) is 27.2 Å². The summed E-state index contributed by atoms with van der Waals surface area (Å²) < 4.78 is 48.0. The van der Waals surface area contributed by atoms with Crippen molar-refractivity contribution in [1.82, 2.24) is 20.6 Å². The largest absolute Gasteiger partial charge is 0.513 e. The number of ether oxygens (including phenoxy) is 1. The van der Waals surface area contributed by atoms with Crippen LogP contribution in [0, 0.1) is 5.92 Å². The zero-order valence-corrected chi connectivity index (χ0v) is 28.1. The molecule has 0 radical (unpaired) electrons. The second kappa shape index (κ2) is 11.9. The molecule has 6 aliphatic rings. The van der Waals surface area contributed by atoms with Crippen LogP contribution in [0.1, 0.15) is 36.5 Å². The van der Waals surface area contributed by atoms with Gasteiger partial charge in [-0.3, -0.25) is 19.5 Å². The van der Waals surface area contributed by atoms with Gasteiger partial charge in [-0.25, -0.2) is 8.96 Å². The first-order chi connectivity index (χ1) is 23.6. The fraction of sp³-hybridized carbons (Fsp3) is 0.361. The zero-order chi connectivity index (χ0) is 34.1. The molecular formula is C36H37FN5O6P. The van der Waals surface area contributed by atoms with Crippen molar-refractivity contribution in [1.29, 1.82) is 0 Å². The number of para-hydroxylation sites is 1. The fourth-order valence-electron chi connectivity index (χ4n) is 8.27. The van der Waals surface area contributed by atoms with Crippen LogP contribution >= 0.6 is 7.75 Å². The first-order valence-electron chi connectivity index (χ1n) is 16.5. The summed E-state index contributed by atoms with van der Waals surface area (Å²) in [6.07, 6.45) is 4.19. The molecule has 5 heterocycles. The van der Waals surface area contributed by atoms with E-state index in [1.54, 1.807) is 48.5 Å². The number of aliphatic imine (C=N–C) groups is 1. The van der Waals surface area contributed by atoms with Crippen LogP contribution < -0.4 is 24.8 Å². The predicted molar refractivity (Wildman–Crippen MR) is 183 cm³/mol. The SMILES string of the molecule is C=Cc1c2ccc3cc(OP(=O)(N[C@@H](C)C(=O)OC)Oc4ccccc4)cc(c13)C1=NCC3C(=C1F)NC(=O)[C@@]3(N1CC3CCC(C1)N3)C2. The summed E-state index contributed by atoms with van der Waals surface area (Å²) in [5.74, 6) is -1.65. The van der Waals surface area contributed by atoms with Gasteiger partial charge in [0.1, 0.15) is 28.8 Å². The molecular weight excluding hydrogens is 648 g/mol. The van der Waals surface area contributed by atoms with Gasteiger partial charge >= 0.3 is 13.7 Å². The normalized spacial score (nSPS) is 27.4. The smallest absolute Gasteiger partial charge is 0.468 e. The van der Waals surface area contributed by atoms with Crippen molar-refractivity contribution in [2.45, 2.75) is 49.9 Å². The second-order valence-corrected chi connectivity index (χ2v) is 15.0. The lowest BCUT2D eigenvalue weighted by atomic mass is 9.74. The molecule has 49 heavy (non-hydrogen) atoms. The minimum absolute atomic E-state index is 0.0648. The van der Waals surface area contributed by atoms with Gasteiger partial charge in [-0.2, -0.15) is 5.09 Å². The van der Waals surface area contributed by atoms with Crippen molar-refractivity contribution in [3.8, 4) is 11.5 Å². The Labute approximate surface area is 283 Å². The lowest BCUT2D eigenvalue weighted by Gasteiger charge is -2.47. The Bertz CT molecular complexity index is 2010. The quantitative estimate of drug-likeness (QED) is 0.218.